The van der Waals surface area contributed by atoms with E-state index in [9.17, 15) is 0 Å². The van der Waals surface area contributed by atoms with Gasteiger partial charge in [-0.2, -0.15) is 0 Å². The van der Waals surface area contributed by atoms with Crippen LogP contribution in [-0.4, -0.2) is 0 Å². The molecule has 0 aliphatic rings. The third-order valence-corrected chi connectivity index (χ3v) is 7.80. The lowest BCUT2D eigenvalue weighted by Gasteiger charge is -2.12. The molecule has 0 amide bonds. The smallest absolute Gasteiger partial charge is 0.0355 e. The number of hydrogen-bond donors (Lipinski definition) is 0. The maximum atomic E-state index is 2.35. The van der Waals surface area contributed by atoms with Crippen molar-refractivity contribution in [3.05, 3.63) is 121 Å². The maximum Gasteiger partial charge on any atom is 0.0355 e. The fraction of sp³-hybridized carbons (Fsp3) is 0. The Morgan fingerprint density at radius 3 is 1.94 bits per heavy atom. The Balaban J connectivity index is 1.44. The molecule has 6 aromatic carbocycles. The minimum atomic E-state index is 1.25. The van der Waals surface area contributed by atoms with Crippen molar-refractivity contribution in [3.8, 4) is 22.3 Å². The molecule has 0 spiro atoms. The fourth-order valence-electron chi connectivity index (χ4n) is 5.07. The van der Waals surface area contributed by atoms with Crippen molar-refractivity contribution >= 4 is 53.1 Å². The predicted molar refractivity (Wildman–Crippen MR) is 145 cm³/mol. The van der Waals surface area contributed by atoms with Gasteiger partial charge in [0, 0.05) is 20.2 Å². The van der Waals surface area contributed by atoms with Crippen LogP contribution in [0, 0.1) is 0 Å². The summed E-state index contributed by atoms with van der Waals surface area (Å²) >= 11 is 1.87. The summed E-state index contributed by atoms with van der Waals surface area (Å²) in [6.07, 6.45) is 0. The Morgan fingerprint density at radius 2 is 1.03 bits per heavy atom. The van der Waals surface area contributed by atoms with Gasteiger partial charge in [0.1, 0.15) is 0 Å². The fourth-order valence-corrected chi connectivity index (χ4v) is 6.15. The van der Waals surface area contributed by atoms with Gasteiger partial charge in [0.2, 0.25) is 0 Å². The summed E-state index contributed by atoms with van der Waals surface area (Å²) in [4.78, 5) is 0. The first-order valence-electron chi connectivity index (χ1n) is 11.3. The lowest BCUT2D eigenvalue weighted by molar-refractivity contribution is 1.63. The molecule has 1 aromatic heterocycles. The molecule has 0 radical (unpaired) electrons. The van der Waals surface area contributed by atoms with Gasteiger partial charge >= 0.3 is 0 Å². The van der Waals surface area contributed by atoms with Gasteiger partial charge in [-0.25, -0.2) is 0 Å². The second-order valence-corrected chi connectivity index (χ2v) is 9.66. The largest absolute Gasteiger partial charge is 0.135 e. The average molecular weight is 437 g/mol. The molecule has 0 unspecified atom stereocenters. The molecule has 33 heavy (non-hydrogen) atoms. The van der Waals surface area contributed by atoms with E-state index in [0.717, 1.165) is 0 Å². The average Bonchev–Trinajstić information content (AvgIpc) is 3.26. The molecule has 7 rings (SSSR count). The van der Waals surface area contributed by atoms with Gasteiger partial charge < -0.3 is 0 Å². The Bertz CT molecular complexity index is 1820. The van der Waals surface area contributed by atoms with E-state index in [1.807, 2.05) is 11.3 Å². The third kappa shape index (κ3) is 2.97. The van der Waals surface area contributed by atoms with Crippen LogP contribution in [0.5, 0.6) is 0 Å². The summed E-state index contributed by atoms with van der Waals surface area (Å²) in [5, 5.41) is 7.88. The minimum absolute atomic E-state index is 1.25. The van der Waals surface area contributed by atoms with Gasteiger partial charge in [-0.1, -0.05) is 91.0 Å². The normalized spacial score (nSPS) is 11.6. The van der Waals surface area contributed by atoms with Crippen molar-refractivity contribution in [1.82, 2.24) is 0 Å². The van der Waals surface area contributed by atoms with Gasteiger partial charge in [0.15, 0.2) is 0 Å². The van der Waals surface area contributed by atoms with Crippen LogP contribution in [0.15, 0.2) is 121 Å². The first-order valence-corrected chi connectivity index (χ1v) is 12.1. The van der Waals surface area contributed by atoms with Crippen LogP contribution >= 0.6 is 11.3 Å². The monoisotopic (exact) mass is 436 g/mol. The van der Waals surface area contributed by atoms with Crippen LogP contribution in [0.2, 0.25) is 0 Å². The van der Waals surface area contributed by atoms with Crippen LogP contribution in [0.1, 0.15) is 0 Å². The van der Waals surface area contributed by atoms with Gasteiger partial charge in [-0.3, -0.25) is 0 Å². The van der Waals surface area contributed by atoms with Crippen LogP contribution in [-0.2, 0) is 0 Å². The molecule has 0 saturated carbocycles. The van der Waals surface area contributed by atoms with Crippen molar-refractivity contribution in [1.29, 1.82) is 0 Å². The number of hydrogen-bond acceptors (Lipinski definition) is 1. The predicted octanol–water partition coefficient (Wildman–Crippen LogP) is 9.69. The van der Waals surface area contributed by atoms with Crippen LogP contribution in [0.4, 0.5) is 0 Å². The summed E-state index contributed by atoms with van der Waals surface area (Å²) in [7, 11) is 0. The summed E-state index contributed by atoms with van der Waals surface area (Å²) in [5.74, 6) is 0. The van der Waals surface area contributed by atoms with E-state index < -0.39 is 0 Å². The van der Waals surface area contributed by atoms with Crippen molar-refractivity contribution in [2.24, 2.45) is 0 Å². The number of rotatable bonds is 2. The molecule has 1 heterocycles. The summed E-state index contributed by atoms with van der Waals surface area (Å²) in [5.41, 5.74) is 5.05. The SMILES string of the molecule is c1cc(-c2ccc3sc4ccccc4c3c2)cc(-c2cc3ccccc3c3ccccc23)c1. The quantitative estimate of drug-likeness (QED) is 0.237. The molecule has 154 valence electrons. The lowest BCUT2D eigenvalue weighted by atomic mass is 9.91. The van der Waals surface area contributed by atoms with E-state index in [0.29, 0.717) is 0 Å². The molecular weight excluding hydrogens is 416 g/mol. The zero-order valence-electron chi connectivity index (χ0n) is 18.0. The number of thiophene rings is 1. The first kappa shape index (κ1) is 18.6. The van der Waals surface area contributed by atoms with Crippen LogP contribution in [0.25, 0.3) is 64.0 Å². The lowest BCUT2D eigenvalue weighted by Crippen LogP contribution is -1.86. The Morgan fingerprint density at radius 1 is 0.364 bits per heavy atom. The Labute approximate surface area is 196 Å². The minimum Gasteiger partial charge on any atom is -0.135 e. The Kier molecular flexibility index (Phi) is 4.12. The van der Waals surface area contributed by atoms with Gasteiger partial charge in [0.05, 0.1) is 0 Å². The molecular formula is C32H20S. The summed E-state index contributed by atoms with van der Waals surface area (Å²) < 4.78 is 2.69. The molecule has 1 heteroatoms. The molecule has 0 fully saturated rings. The highest BCUT2D eigenvalue weighted by molar-refractivity contribution is 7.25. The standard InChI is InChI=1S/C32H20S/c1-2-11-25-24(8-1)20-29(27-13-4-3-12-26(25)27)23-10-7-9-21(18-23)22-16-17-32-30(19-22)28-14-5-6-15-31(28)33-32/h1-20H. The van der Waals surface area contributed by atoms with Crippen molar-refractivity contribution in [2.75, 3.05) is 0 Å². The highest BCUT2D eigenvalue weighted by Gasteiger charge is 2.11. The number of fused-ring (bicyclic) bond motifs is 6. The second kappa shape index (κ2) is 7.30. The van der Waals surface area contributed by atoms with Gasteiger partial charge in [0.25, 0.3) is 0 Å². The van der Waals surface area contributed by atoms with E-state index in [2.05, 4.69) is 121 Å². The van der Waals surface area contributed by atoms with Gasteiger partial charge in [-0.15, -0.1) is 11.3 Å². The Hall–Kier alpha value is -3.94. The van der Waals surface area contributed by atoms with Crippen LogP contribution in [0.3, 0.4) is 0 Å². The molecule has 0 saturated heterocycles. The molecule has 0 aliphatic heterocycles. The van der Waals surface area contributed by atoms with E-state index in [-0.39, 0.29) is 0 Å². The maximum absolute atomic E-state index is 2.35. The van der Waals surface area contributed by atoms with Crippen molar-refractivity contribution < 1.29 is 0 Å². The van der Waals surface area contributed by atoms with E-state index in [1.165, 1.54) is 64.0 Å². The van der Waals surface area contributed by atoms with E-state index in [1.54, 1.807) is 0 Å². The zero-order chi connectivity index (χ0) is 21.8. The highest BCUT2D eigenvalue weighted by atomic mass is 32.1. The molecule has 0 N–H and O–H groups in total. The topological polar surface area (TPSA) is 0 Å². The number of benzene rings is 6. The second-order valence-electron chi connectivity index (χ2n) is 8.58. The molecule has 0 atom stereocenters. The molecule has 0 nitrogen and oxygen atoms in total. The van der Waals surface area contributed by atoms with Gasteiger partial charge in [-0.05, 0) is 74.1 Å². The highest BCUT2D eigenvalue weighted by Crippen LogP contribution is 2.39. The van der Waals surface area contributed by atoms with Crippen molar-refractivity contribution in [2.45, 2.75) is 0 Å². The molecule has 7 aromatic rings. The van der Waals surface area contributed by atoms with E-state index in [4.69, 9.17) is 0 Å². The molecule has 0 aliphatic carbocycles. The summed E-state index contributed by atoms with van der Waals surface area (Å²) in [6.45, 7) is 0. The zero-order valence-corrected chi connectivity index (χ0v) is 18.8. The molecule has 0 bridgehead atoms. The van der Waals surface area contributed by atoms with E-state index >= 15 is 0 Å². The van der Waals surface area contributed by atoms with Crippen LogP contribution < -0.4 is 0 Å². The third-order valence-electron chi connectivity index (χ3n) is 6.65. The summed E-state index contributed by atoms with van der Waals surface area (Å²) in [6, 6.07) is 44.3. The van der Waals surface area contributed by atoms with Crippen molar-refractivity contribution in [3.63, 3.8) is 0 Å². The first-order chi connectivity index (χ1) is 16.3.